The van der Waals surface area contributed by atoms with Crippen LogP contribution in [0.15, 0.2) is 6.07 Å². The van der Waals surface area contributed by atoms with Gasteiger partial charge in [-0.15, -0.1) is 0 Å². The molecule has 2 heteroatoms. The fraction of sp³-hybridized carbons (Fsp3) is 0.600. The zero-order valence-corrected chi connectivity index (χ0v) is 11.2. The quantitative estimate of drug-likeness (QED) is 0.573. The van der Waals surface area contributed by atoms with Crippen molar-refractivity contribution < 1.29 is 10.2 Å². The van der Waals surface area contributed by atoms with Gasteiger partial charge in [0.1, 0.15) is 11.5 Å². The van der Waals surface area contributed by atoms with Crippen LogP contribution in [-0.2, 0) is 6.42 Å². The summed E-state index contributed by atoms with van der Waals surface area (Å²) in [5.74, 6) is 0.652. The van der Waals surface area contributed by atoms with Crippen molar-refractivity contribution in [3.8, 4) is 11.5 Å². The van der Waals surface area contributed by atoms with E-state index in [0.29, 0.717) is 11.5 Å². The van der Waals surface area contributed by atoms with Crippen LogP contribution in [0, 0.1) is 13.8 Å². The van der Waals surface area contributed by atoms with Crippen molar-refractivity contribution in [2.24, 2.45) is 0 Å². The van der Waals surface area contributed by atoms with E-state index in [-0.39, 0.29) is 0 Å². The number of hydrogen-bond donors (Lipinski definition) is 2. The lowest BCUT2D eigenvalue weighted by Gasteiger charge is -2.11. The molecule has 0 aliphatic carbocycles. The van der Waals surface area contributed by atoms with Crippen molar-refractivity contribution in [1.29, 1.82) is 0 Å². The van der Waals surface area contributed by atoms with Crippen LogP contribution in [0.25, 0.3) is 0 Å². The Morgan fingerprint density at radius 3 is 2.24 bits per heavy atom. The second-order valence-corrected chi connectivity index (χ2v) is 4.82. The van der Waals surface area contributed by atoms with Gasteiger partial charge in [-0.25, -0.2) is 0 Å². The van der Waals surface area contributed by atoms with E-state index in [0.717, 1.165) is 29.5 Å². The van der Waals surface area contributed by atoms with Gasteiger partial charge in [-0.2, -0.15) is 0 Å². The number of rotatable bonds is 6. The first kappa shape index (κ1) is 13.9. The summed E-state index contributed by atoms with van der Waals surface area (Å²) in [6, 6.07) is 1.71. The third-order valence-electron chi connectivity index (χ3n) is 3.47. The SMILES string of the molecule is CCCCCCCc1cc(O)c(C)c(C)c1O. The van der Waals surface area contributed by atoms with E-state index in [2.05, 4.69) is 6.92 Å². The fourth-order valence-electron chi connectivity index (χ4n) is 2.06. The van der Waals surface area contributed by atoms with E-state index >= 15 is 0 Å². The average molecular weight is 236 g/mol. The molecule has 1 aromatic carbocycles. The van der Waals surface area contributed by atoms with Crippen LogP contribution >= 0.6 is 0 Å². The number of phenols is 2. The predicted octanol–water partition coefficient (Wildman–Crippen LogP) is 4.23. The topological polar surface area (TPSA) is 40.5 Å². The van der Waals surface area contributed by atoms with Crippen molar-refractivity contribution in [2.75, 3.05) is 0 Å². The number of phenolic OH excluding ortho intramolecular Hbond substituents is 2. The molecule has 0 unspecified atom stereocenters. The van der Waals surface area contributed by atoms with Gasteiger partial charge in [0.25, 0.3) is 0 Å². The van der Waals surface area contributed by atoms with Crippen LogP contribution in [0.3, 0.4) is 0 Å². The molecule has 0 heterocycles. The Balaban J connectivity index is 2.60. The highest BCUT2D eigenvalue weighted by atomic mass is 16.3. The Kier molecular flexibility index (Phi) is 5.33. The van der Waals surface area contributed by atoms with Crippen LogP contribution in [-0.4, -0.2) is 10.2 Å². The van der Waals surface area contributed by atoms with Gasteiger partial charge in [0.2, 0.25) is 0 Å². The van der Waals surface area contributed by atoms with E-state index < -0.39 is 0 Å². The first-order valence-electron chi connectivity index (χ1n) is 6.59. The summed E-state index contributed by atoms with van der Waals surface area (Å²) in [4.78, 5) is 0. The third-order valence-corrected chi connectivity index (χ3v) is 3.47. The number of aromatic hydroxyl groups is 2. The molecule has 1 aromatic rings. The van der Waals surface area contributed by atoms with Crippen molar-refractivity contribution in [3.63, 3.8) is 0 Å². The molecule has 0 saturated carbocycles. The maximum atomic E-state index is 9.99. The molecule has 0 atom stereocenters. The molecule has 0 bridgehead atoms. The first-order valence-corrected chi connectivity index (χ1v) is 6.59. The molecular formula is C15H24O2. The van der Waals surface area contributed by atoms with Gasteiger partial charge >= 0.3 is 0 Å². The molecule has 0 amide bonds. The number of unbranched alkanes of at least 4 members (excludes halogenated alkanes) is 4. The number of benzene rings is 1. The Labute approximate surface area is 104 Å². The molecule has 0 aromatic heterocycles. The molecule has 0 spiro atoms. The Hall–Kier alpha value is -1.18. The lowest BCUT2D eigenvalue weighted by Crippen LogP contribution is -1.92. The zero-order valence-electron chi connectivity index (χ0n) is 11.2. The largest absolute Gasteiger partial charge is 0.508 e. The maximum absolute atomic E-state index is 9.99. The van der Waals surface area contributed by atoms with E-state index in [9.17, 15) is 10.2 Å². The van der Waals surface area contributed by atoms with Crippen LogP contribution in [0.4, 0.5) is 0 Å². The Bertz CT molecular complexity index is 370. The smallest absolute Gasteiger partial charge is 0.122 e. The minimum atomic E-state index is 0.295. The van der Waals surface area contributed by atoms with Gasteiger partial charge in [0.15, 0.2) is 0 Å². The average Bonchev–Trinajstić information content (AvgIpc) is 2.32. The molecule has 0 aliphatic rings. The summed E-state index contributed by atoms with van der Waals surface area (Å²) in [6.45, 7) is 5.88. The Morgan fingerprint density at radius 2 is 1.59 bits per heavy atom. The van der Waals surface area contributed by atoms with E-state index in [1.807, 2.05) is 13.8 Å². The molecule has 0 radical (unpaired) electrons. The summed E-state index contributed by atoms with van der Waals surface area (Å²) in [5.41, 5.74) is 2.45. The first-order chi connectivity index (χ1) is 8.07. The zero-order chi connectivity index (χ0) is 12.8. The van der Waals surface area contributed by atoms with Crippen LogP contribution in [0.1, 0.15) is 55.7 Å². The summed E-state index contributed by atoms with van der Waals surface area (Å²) in [6.07, 6.45) is 6.91. The standard InChI is InChI=1S/C15H24O2/c1-4-5-6-7-8-9-13-10-14(16)11(2)12(3)15(13)17/h10,16-17H,4-9H2,1-3H3. The van der Waals surface area contributed by atoms with Crippen LogP contribution in [0.2, 0.25) is 0 Å². The van der Waals surface area contributed by atoms with Gasteiger partial charge in [-0.3, -0.25) is 0 Å². The van der Waals surface area contributed by atoms with Gasteiger partial charge in [-0.1, -0.05) is 32.6 Å². The fourth-order valence-corrected chi connectivity index (χ4v) is 2.06. The van der Waals surface area contributed by atoms with Gasteiger partial charge in [0, 0.05) is 0 Å². The molecule has 0 aliphatic heterocycles. The van der Waals surface area contributed by atoms with E-state index in [4.69, 9.17) is 0 Å². The van der Waals surface area contributed by atoms with E-state index in [1.54, 1.807) is 6.07 Å². The molecule has 0 saturated heterocycles. The summed E-state index contributed by atoms with van der Waals surface area (Å²) < 4.78 is 0. The molecule has 1 rings (SSSR count). The number of hydrogen-bond acceptors (Lipinski definition) is 2. The molecule has 0 fully saturated rings. The van der Waals surface area contributed by atoms with Gasteiger partial charge in [0.05, 0.1) is 0 Å². The number of aryl methyl sites for hydroxylation is 1. The van der Waals surface area contributed by atoms with Crippen LogP contribution in [0.5, 0.6) is 11.5 Å². The molecule has 17 heavy (non-hydrogen) atoms. The lowest BCUT2D eigenvalue weighted by atomic mass is 9.99. The second kappa shape index (κ2) is 6.53. The van der Waals surface area contributed by atoms with Gasteiger partial charge < -0.3 is 10.2 Å². The van der Waals surface area contributed by atoms with Crippen molar-refractivity contribution in [1.82, 2.24) is 0 Å². The van der Waals surface area contributed by atoms with Crippen molar-refractivity contribution >= 4 is 0 Å². The Morgan fingerprint density at radius 1 is 0.941 bits per heavy atom. The van der Waals surface area contributed by atoms with E-state index in [1.165, 1.54) is 25.7 Å². The predicted molar refractivity (Wildman–Crippen MR) is 71.7 cm³/mol. The molecular weight excluding hydrogens is 212 g/mol. The van der Waals surface area contributed by atoms with Crippen molar-refractivity contribution in [3.05, 3.63) is 22.8 Å². The normalized spacial score (nSPS) is 10.8. The molecule has 2 nitrogen and oxygen atoms in total. The van der Waals surface area contributed by atoms with Crippen LogP contribution < -0.4 is 0 Å². The molecule has 2 N–H and O–H groups in total. The molecule has 96 valence electrons. The summed E-state index contributed by atoms with van der Waals surface area (Å²) >= 11 is 0. The third kappa shape index (κ3) is 3.65. The van der Waals surface area contributed by atoms with Crippen molar-refractivity contribution in [2.45, 2.75) is 59.3 Å². The lowest BCUT2D eigenvalue weighted by molar-refractivity contribution is 0.445. The highest BCUT2D eigenvalue weighted by molar-refractivity contribution is 5.51. The minimum Gasteiger partial charge on any atom is -0.508 e. The summed E-state index contributed by atoms with van der Waals surface area (Å²) in [5, 5.41) is 19.7. The second-order valence-electron chi connectivity index (χ2n) is 4.82. The maximum Gasteiger partial charge on any atom is 0.122 e. The highest BCUT2D eigenvalue weighted by Gasteiger charge is 2.10. The monoisotopic (exact) mass is 236 g/mol. The van der Waals surface area contributed by atoms with Gasteiger partial charge in [-0.05, 0) is 49.4 Å². The summed E-state index contributed by atoms with van der Waals surface area (Å²) in [7, 11) is 0. The minimum absolute atomic E-state index is 0.295. The highest BCUT2D eigenvalue weighted by Crippen LogP contribution is 2.32.